The lowest BCUT2D eigenvalue weighted by Crippen LogP contribution is -2.57. The highest BCUT2D eigenvalue weighted by Crippen LogP contribution is 2.47. The van der Waals surface area contributed by atoms with E-state index in [9.17, 15) is 18.0 Å². The number of halogens is 2. The highest BCUT2D eigenvalue weighted by atomic mass is 35.5. The standard InChI is InChI=1S/C28H37Cl2NO6S2/c1-7-20(16-39(34,35)28(4,5)6)31-25(22-11-12-23(30)38-22)26(18-9-8-10-19(29)13-18)37-21(27(31)33)14-24(32)36-15-17(2)3/h8-13,17,20-21,25-26H,7,14-16H2,1-6H3/t20?,21?,25?,26-/m1/s1. The summed E-state index contributed by atoms with van der Waals surface area (Å²) >= 11 is 14.0. The largest absolute Gasteiger partial charge is 0.465 e. The molecule has 2 aromatic rings. The Kier molecular flexibility index (Phi) is 10.5. The van der Waals surface area contributed by atoms with E-state index >= 15 is 0 Å². The number of carbonyl (C=O) groups excluding carboxylic acids is 2. The zero-order valence-electron chi connectivity index (χ0n) is 23.1. The lowest BCUT2D eigenvalue weighted by molar-refractivity contribution is -0.183. The summed E-state index contributed by atoms with van der Waals surface area (Å²) in [5.74, 6) is -1.12. The van der Waals surface area contributed by atoms with Gasteiger partial charge in [0.05, 0.1) is 33.9 Å². The molecule has 1 amide bonds. The van der Waals surface area contributed by atoms with E-state index in [0.29, 0.717) is 21.3 Å². The summed E-state index contributed by atoms with van der Waals surface area (Å²) in [6, 6.07) is 9.32. The monoisotopic (exact) mass is 617 g/mol. The van der Waals surface area contributed by atoms with E-state index in [1.165, 1.54) is 11.3 Å². The van der Waals surface area contributed by atoms with Crippen molar-refractivity contribution in [1.29, 1.82) is 0 Å². The molecule has 1 aromatic carbocycles. The Morgan fingerprint density at radius 2 is 1.87 bits per heavy atom. The zero-order valence-corrected chi connectivity index (χ0v) is 26.3. The number of morpholine rings is 1. The van der Waals surface area contributed by atoms with Gasteiger partial charge in [-0.1, -0.05) is 56.1 Å². The molecule has 1 aliphatic heterocycles. The first kappa shape index (κ1) is 31.9. The van der Waals surface area contributed by atoms with Gasteiger partial charge in [-0.2, -0.15) is 0 Å². The number of esters is 1. The zero-order chi connectivity index (χ0) is 29.1. The number of amides is 1. The number of thiophene rings is 1. The molecule has 1 aromatic heterocycles. The topological polar surface area (TPSA) is 90.0 Å². The molecule has 3 unspecified atom stereocenters. The molecule has 4 atom stereocenters. The number of hydrogen-bond donors (Lipinski definition) is 0. The fourth-order valence-electron chi connectivity index (χ4n) is 4.39. The second-order valence-corrected chi connectivity index (χ2v) is 16.1. The van der Waals surface area contributed by atoms with E-state index in [2.05, 4.69) is 0 Å². The second kappa shape index (κ2) is 12.9. The summed E-state index contributed by atoms with van der Waals surface area (Å²) in [6.07, 6.45) is -1.81. The first-order valence-corrected chi connectivity index (χ1v) is 16.2. The van der Waals surface area contributed by atoms with Crippen molar-refractivity contribution in [3.8, 4) is 0 Å². The van der Waals surface area contributed by atoms with Crippen molar-refractivity contribution >= 4 is 56.3 Å². The van der Waals surface area contributed by atoms with Gasteiger partial charge in [-0.05, 0) is 62.9 Å². The molecule has 0 N–H and O–H groups in total. The molecule has 1 saturated heterocycles. The minimum absolute atomic E-state index is 0.132. The Bertz CT molecular complexity index is 1270. The first-order valence-electron chi connectivity index (χ1n) is 13.0. The van der Waals surface area contributed by atoms with Crippen molar-refractivity contribution in [1.82, 2.24) is 4.90 Å². The van der Waals surface area contributed by atoms with Gasteiger partial charge in [0, 0.05) is 15.9 Å². The number of rotatable bonds is 10. The number of carbonyl (C=O) groups is 2. The number of nitrogens with zero attached hydrogens (tertiary/aromatic N) is 1. The van der Waals surface area contributed by atoms with Crippen LogP contribution in [0.15, 0.2) is 36.4 Å². The van der Waals surface area contributed by atoms with E-state index in [4.69, 9.17) is 32.7 Å². The van der Waals surface area contributed by atoms with Crippen LogP contribution in [0.5, 0.6) is 0 Å². The van der Waals surface area contributed by atoms with E-state index in [-0.39, 0.29) is 24.7 Å². The van der Waals surface area contributed by atoms with Crippen molar-refractivity contribution in [2.75, 3.05) is 12.4 Å². The molecular weight excluding hydrogens is 581 g/mol. The van der Waals surface area contributed by atoms with Crippen LogP contribution >= 0.6 is 34.5 Å². The Hall–Kier alpha value is -1.65. The van der Waals surface area contributed by atoms with Crippen LogP contribution in [0, 0.1) is 5.92 Å². The molecule has 39 heavy (non-hydrogen) atoms. The minimum Gasteiger partial charge on any atom is -0.465 e. The van der Waals surface area contributed by atoms with Gasteiger partial charge >= 0.3 is 5.97 Å². The van der Waals surface area contributed by atoms with Gasteiger partial charge in [-0.3, -0.25) is 9.59 Å². The third-order valence-corrected chi connectivity index (χ3v) is 10.9. The Balaban J connectivity index is 2.14. The Morgan fingerprint density at radius 3 is 2.41 bits per heavy atom. The molecule has 1 aliphatic rings. The van der Waals surface area contributed by atoms with Crippen molar-refractivity contribution < 1.29 is 27.5 Å². The molecule has 0 saturated carbocycles. The van der Waals surface area contributed by atoms with Crippen LogP contribution in [0.2, 0.25) is 9.36 Å². The summed E-state index contributed by atoms with van der Waals surface area (Å²) < 4.78 is 37.9. The lowest BCUT2D eigenvalue weighted by atomic mass is 9.93. The predicted octanol–water partition coefficient (Wildman–Crippen LogP) is 6.65. The van der Waals surface area contributed by atoms with Crippen molar-refractivity contribution in [2.24, 2.45) is 5.92 Å². The maximum absolute atomic E-state index is 14.1. The third-order valence-electron chi connectivity index (χ3n) is 6.63. The fourth-order valence-corrected chi connectivity index (χ4v) is 7.17. The summed E-state index contributed by atoms with van der Waals surface area (Å²) in [6.45, 7) is 10.9. The minimum atomic E-state index is -3.60. The average molecular weight is 619 g/mol. The van der Waals surface area contributed by atoms with E-state index in [1.807, 2.05) is 32.9 Å². The van der Waals surface area contributed by atoms with Crippen LogP contribution in [0.25, 0.3) is 0 Å². The van der Waals surface area contributed by atoms with Crippen LogP contribution in [0.3, 0.4) is 0 Å². The molecular formula is C28H37Cl2NO6S2. The highest BCUT2D eigenvalue weighted by Gasteiger charge is 2.49. The van der Waals surface area contributed by atoms with Gasteiger partial charge in [-0.25, -0.2) is 8.42 Å². The number of hydrogen-bond acceptors (Lipinski definition) is 7. The van der Waals surface area contributed by atoms with Gasteiger partial charge < -0.3 is 14.4 Å². The van der Waals surface area contributed by atoms with Crippen molar-refractivity contribution in [3.05, 3.63) is 56.2 Å². The predicted molar refractivity (Wildman–Crippen MR) is 156 cm³/mol. The SMILES string of the molecule is CCC(CS(=O)(=O)C(C)(C)C)N1C(=O)C(CC(=O)OCC(C)C)O[C@H](c2cccc(Cl)c2)C1c1ccc(Cl)s1. The molecule has 2 heterocycles. The number of ether oxygens (including phenoxy) is 2. The van der Waals surface area contributed by atoms with Crippen LogP contribution in [-0.4, -0.2) is 54.4 Å². The molecule has 11 heteroatoms. The average Bonchev–Trinajstić information content (AvgIpc) is 3.27. The molecule has 0 radical (unpaired) electrons. The van der Waals surface area contributed by atoms with Crippen LogP contribution in [0.4, 0.5) is 0 Å². The third kappa shape index (κ3) is 7.76. The van der Waals surface area contributed by atoms with Crippen LogP contribution < -0.4 is 0 Å². The number of benzene rings is 1. The van der Waals surface area contributed by atoms with Gasteiger partial charge in [0.1, 0.15) is 12.2 Å². The van der Waals surface area contributed by atoms with E-state index in [0.717, 1.165) is 4.88 Å². The summed E-state index contributed by atoms with van der Waals surface area (Å²) in [5.41, 5.74) is 0.698. The first-order chi connectivity index (χ1) is 18.1. The van der Waals surface area contributed by atoms with E-state index in [1.54, 1.807) is 49.9 Å². The maximum Gasteiger partial charge on any atom is 0.308 e. The number of sulfone groups is 1. The van der Waals surface area contributed by atoms with Gasteiger partial charge in [0.25, 0.3) is 5.91 Å². The molecule has 0 spiro atoms. The molecule has 0 bridgehead atoms. The van der Waals surface area contributed by atoms with Crippen molar-refractivity contribution in [3.63, 3.8) is 0 Å². The van der Waals surface area contributed by atoms with Gasteiger partial charge in [0.2, 0.25) is 0 Å². The smallest absolute Gasteiger partial charge is 0.308 e. The maximum atomic E-state index is 14.1. The molecule has 1 fully saturated rings. The van der Waals surface area contributed by atoms with E-state index < -0.39 is 50.8 Å². The highest BCUT2D eigenvalue weighted by molar-refractivity contribution is 7.92. The summed E-state index contributed by atoms with van der Waals surface area (Å²) in [4.78, 5) is 29.2. The Labute approximate surface area is 245 Å². The normalized spacial score (nSPS) is 21.3. The summed E-state index contributed by atoms with van der Waals surface area (Å²) in [7, 11) is -3.60. The molecule has 0 aliphatic carbocycles. The van der Waals surface area contributed by atoms with Gasteiger partial charge in [0.15, 0.2) is 9.84 Å². The fraction of sp³-hybridized carbons (Fsp3) is 0.571. The summed E-state index contributed by atoms with van der Waals surface area (Å²) in [5, 5.41) is 0.484. The second-order valence-electron chi connectivity index (χ2n) is 11.2. The lowest BCUT2D eigenvalue weighted by Gasteiger charge is -2.47. The quantitative estimate of drug-likeness (QED) is 0.277. The molecule has 7 nitrogen and oxygen atoms in total. The molecule has 216 valence electrons. The van der Waals surface area contributed by atoms with Crippen LogP contribution in [0.1, 0.15) is 77.0 Å². The van der Waals surface area contributed by atoms with Crippen LogP contribution in [-0.2, 0) is 28.9 Å². The van der Waals surface area contributed by atoms with Crippen molar-refractivity contribution in [2.45, 2.75) is 83.4 Å². The van der Waals surface area contributed by atoms with Gasteiger partial charge in [-0.15, -0.1) is 11.3 Å². The Morgan fingerprint density at radius 1 is 1.18 bits per heavy atom. The molecule has 3 rings (SSSR count).